The van der Waals surface area contributed by atoms with Gasteiger partial charge in [-0.3, -0.25) is 4.72 Å². The first kappa shape index (κ1) is 14.0. The van der Waals surface area contributed by atoms with Crippen LogP contribution in [0.3, 0.4) is 0 Å². The van der Waals surface area contributed by atoms with E-state index in [0.717, 1.165) is 6.20 Å². The third-order valence-electron chi connectivity index (χ3n) is 2.15. The van der Waals surface area contributed by atoms with Crippen LogP contribution in [-0.4, -0.2) is 18.4 Å². The molecule has 0 saturated carbocycles. The molecule has 6 nitrogen and oxygen atoms in total. The summed E-state index contributed by atoms with van der Waals surface area (Å²) in [6, 6.07) is 5.47. The van der Waals surface area contributed by atoms with Gasteiger partial charge in [-0.25, -0.2) is 4.98 Å². The maximum atomic E-state index is 11.8. The van der Waals surface area contributed by atoms with Crippen molar-refractivity contribution in [3.63, 3.8) is 0 Å². The Labute approximate surface area is 113 Å². The summed E-state index contributed by atoms with van der Waals surface area (Å²) in [4.78, 5) is 6.08. The van der Waals surface area contributed by atoms with Crippen LogP contribution >= 0.6 is 0 Å². The van der Waals surface area contributed by atoms with Crippen LogP contribution in [0.1, 0.15) is 0 Å². The molecule has 0 aliphatic carbocycles. The minimum atomic E-state index is -3.75. The molecule has 9 heteroatoms. The minimum absolute atomic E-state index is 0.0831. The van der Waals surface area contributed by atoms with Gasteiger partial charge in [0.1, 0.15) is 5.75 Å². The van der Waals surface area contributed by atoms with Crippen molar-refractivity contribution < 1.29 is 21.9 Å². The number of halogens is 2. The monoisotopic (exact) mass is 301 g/mol. The lowest BCUT2D eigenvalue weighted by Gasteiger charge is -2.06. The van der Waals surface area contributed by atoms with Gasteiger partial charge in [0.05, 0.1) is 12.5 Å². The number of rotatable bonds is 5. The fraction of sp³-hybridized carbons (Fsp3) is 0. The fourth-order valence-corrected chi connectivity index (χ4v) is 2.28. The molecular weight excluding hydrogens is 292 g/mol. The van der Waals surface area contributed by atoms with E-state index in [1.165, 1.54) is 30.6 Å². The third-order valence-corrected chi connectivity index (χ3v) is 3.46. The van der Waals surface area contributed by atoms with Gasteiger partial charge in [0, 0.05) is 5.69 Å². The standard InChI is InChI=1S/C11H9F2N3O3S/c12-10(13)6-19-9-3-1-8(2-4-9)16-20(17,18)11-5-14-7-15-11/h1-7,16H,(H,14,15). The van der Waals surface area contributed by atoms with E-state index in [2.05, 4.69) is 19.4 Å². The van der Waals surface area contributed by atoms with Crippen LogP contribution in [-0.2, 0) is 10.0 Å². The van der Waals surface area contributed by atoms with E-state index < -0.39 is 16.1 Å². The molecule has 0 unspecified atom stereocenters. The molecule has 0 aliphatic heterocycles. The summed E-state index contributed by atoms with van der Waals surface area (Å²) in [5.41, 5.74) is 0.261. The van der Waals surface area contributed by atoms with E-state index in [9.17, 15) is 17.2 Å². The number of aromatic nitrogens is 2. The number of ether oxygens (including phenoxy) is 1. The number of imidazole rings is 1. The molecule has 0 radical (unpaired) electrons. The van der Waals surface area contributed by atoms with Crippen LogP contribution in [0.5, 0.6) is 5.75 Å². The average Bonchev–Trinajstić information content (AvgIpc) is 2.92. The van der Waals surface area contributed by atoms with Crippen LogP contribution in [0.15, 0.2) is 54.2 Å². The Morgan fingerprint density at radius 1 is 1.30 bits per heavy atom. The van der Waals surface area contributed by atoms with Gasteiger partial charge in [0.2, 0.25) is 0 Å². The molecule has 20 heavy (non-hydrogen) atoms. The van der Waals surface area contributed by atoms with E-state index >= 15 is 0 Å². The molecule has 106 valence electrons. The van der Waals surface area contributed by atoms with E-state index in [-0.39, 0.29) is 16.5 Å². The Bertz CT molecular complexity index is 693. The molecule has 1 heterocycles. The van der Waals surface area contributed by atoms with Gasteiger partial charge in [0.25, 0.3) is 10.0 Å². The second kappa shape index (κ2) is 5.70. The van der Waals surface area contributed by atoms with E-state index in [1.807, 2.05) is 0 Å². The lowest BCUT2D eigenvalue weighted by molar-refractivity contribution is 0.365. The zero-order valence-corrected chi connectivity index (χ0v) is 10.7. The number of anilines is 1. The van der Waals surface area contributed by atoms with Crippen molar-refractivity contribution in [3.8, 4) is 5.75 Å². The molecule has 0 atom stereocenters. The first-order chi connectivity index (χ1) is 9.47. The Kier molecular flexibility index (Phi) is 3.99. The summed E-state index contributed by atoms with van der Waals surface area (Å²) in [6.45, 7) is 0. The van der Waals surface area contributed by atoms with Gasteiger partial charge in [-0.05, 0) is 24.3 Å². The molecule has 0 fully saturated rings. The van der Waals surface area contributed by atoms with Crippen LogP contribution in [0.25, 0.3) is 0 Å². The lowest BCUT2D eigenvalue weighted by Crippen LogP contribution is -2.13. The quantitative estimate of drug-likeness (QED) is 0.830. The molecule has 1 aromatic carbocycles. The zero-order valence-electron chi connectivity index (χ0n) is 9.88. The van der Waals surface area contributed by atoms with Gasteiger partial charge in [-0.2, -0.15) is 17.2 Å². The predicted molar refractivity (Wildman–Crippen MR) is 66.8 cm³/mol. The summed E-state index contributed by atoms with van der Waals surface area (Å²) in [5, 5.41) is -0.0831. The summed E-state index contributed by atoms with van der Waals surface area (Å²) in [5.74, 6) is 0.155. The molecule has 2 aromatic rings. The highest BCUT2D eigenvalue weighted by atomic mass is 32.2. The number of H-pyrrole nitrogens is 1. The third kappa shape index (κ3) is 3.54. The fourth-order valence-electron chi connectivity index (χ4n) is 1.31. The Morgan fingerprint density at radius 3 is 2.55 bits per heavy atom. The molecule has 2 N–H and O–H groups in total. The summed E-state index contributed by atoms with van der Waals surface area (Å²) < 4.78 is 54.2. The summed E-state index contributed by atoms with van der Waals surface area (Å²) in [7, 11) is -3.75. The zero-order chi connectivity index (χ0) is 14.6. The second-order valence-electron chi connectivity index (χ2n) is 3.57. The first-order valence-corrected chi connectivity index (χ1v) is 6.75. The van der Waals surface area contributed by atoms with Crippen molar-refractivity contribution in [2.75, 3.05) is 4.72 Å². The highest BCUT2D eigenvalue weighted by Crippen LogP contribution is 2.19. The van der Waals surface area contributed by atoms with Crippen LogP contribution in [0.2, 0.25) is 0 Å². The Morgan fingerprint density at radius 2 is 2.00 bits per heavy atom. The average molecular weight is 301 g/mol. The Hall–Kier alpha value is -2.42. The van der Waals surface area contributed by atoms with Gasteiger partial charge in [-0.1, -0.05) is 0 Å². The highest BCUT2D eigenvalue weighted by molar-refractivity contribution is 7.92. The SMILES string of the molecule is O=S(=O)(Nc1ccc(OC=C(F)F)cc1)c1cnc[nH]1. The molecular formula is C11H9F2N3O3S. The molecule has 0 spiro atoms. The van der Waals surface area contributed by atoms with E-state index in [0.29, 0.717) is 6.26 Å². The van der Waals surface area contributed by atoms with Crippen LogP contribution in [0, 0.1) is 0 Å². The number of aromatic amines is 1. The number of benzene rings is 1. The first-order valence-electron chi connectivity index (χ1n) is 5.26. The maximum Gasteiger partial charge on any atom is 0.305 e. The molecule has 0 bridgehead atoms. The molecule has 0 saturated heterocycles. The van der Waals surface area contributed by atoms with Gasteiger partial charge >= 0.3 is 6.08 Å². The van der Waals surface area contributed by atoms with Gasteiger partial charge < -0.3 is 9.72 Å². The lowest BCUT2D eigenvalue weighted by atomic mass is 10.3. The molecule has 2 rings (SSSR count). The van der Waals surface area contributed by atoms with Crippen LogP contribution in [0.4, 0.5) is 14.5 Å². The van der Waals surface area contributed by atoms with Gasteiger partial charge in [0.15, 0.2) is 11.3 Å². The van der Waals surface area contributed by atoms with Crippen molar-refractivity contribution in [2.45, 2.75) is 5.03 Å². The smallest absolute Gasteiger partial charge is 0.305 e. The van der Waals surface area contributed by atoms with E-state index in [4.69, 9.17) is 0 Å². The number of hydrogen-bond donors (Lipinski definition) is 2. The number of hydrogen-bond acceptors (Lipinski definition) is 4. The molecule has 0 amide bonds. The largest absolute Gasteiger partial charge is 0.459 e. The van der Waals surface area contributed by atoms with Crippen molar-refractivity contribution in [2.24, 2.45) is 0 Å². The second-order valence-corrected chi connectivity index (χ2v) is 5.22. The highest BCUT2D eigenvalue weighted by Gasteiger charge is 2.15. The number of nitrogens with one attached hydrogen (secondary N) is 2. The molecule has 0 aliphatic rings. The normalized spacial score (nSPS) is 10.9. The van der Waals surface area contributed by atoms with Crippen molar-refractivity contribution in [1.29, 1.82) is 0 Å². The summed E-state index contributed by atoms with van der Waals surface area (Å²) >= 11 is 0. The van der Waals surface area contributed by atoms with Crippen LogP contribution < -0.4 is 9.46 Å². The van der Waals surface area contributed by atoms with E-state index in [1.54, 1.807) is 0 Å². The topological polar surface area (TPSA) is 84.1 Å². The number of nitrogens with zero attached hydrogens (tertiary/aromatic N) is 1. The van der Waals surface area contributed by atoms with Crippen molar-refractivity contribution in [3.05, 3.63) is 49.1 Å². The Balaban J connectivity index is 2.10. The molecule has 1 aromatic heterocycles. The summed E-state index contributed by atoms with van der Waals surface area (Å²) in [6.07, 6.45) is 0.732. The maximum absolute atomic E-state index is 11.8. The van der Waals surface area contributed by atoms with Crippen molar-refractivity contribution >= 4 is 15.7 Å². The van der Waals surface area contributed by atoms with Crippen molar-refractivity contribution in [1.82, 2.24) is 9.97 Å². The predicted octanol–water partition coefficient (Wildman–Crippen LogP) is 2.33. The van der Waals surface area contributed by atoms with Gasteiger partial charge in [-0.15, -0.1) is 0 Å². The number of sulfonamides is 1. The minimum Gasteiger partial charge on any atom is -0.459 e.